The zero-order valence-corrected chi connectivity index (χ0v) is 12.0. The smallest absolute Gasteiger partial charge is 0.227 e. The van der Waals surface area contributed by atoms with Gasteiger partial charge in [-0.05, 0) is 25.0 Å². The van der Waals surface area contributed by atoms with Crippen LogP contribution in [0.5, 0.6) is 5.75 Å². The van der Waals surface area contributed by atoms with Gasteiger partial charge in [0.05, 0.1) is 12.2 Å². The Hall–Kier alpha value is -1.71. The molecule has 0 unspecified atom stereocenters. The van der Waals surface area contributed by atoms with Gasteiger partial charge in [-0.15, -0.1) is 0 Å². The van der Waals surface area contributed by atoms with Crippen LogP contribution in [-0.4, -0.2) is 26.1 Å². The van der Waals surface area contributed by atoms with Crippen molar-refractivity contribution in [2.75, 3.05) is 30.4 Å². The number of nitrogens with zero attached hydrogens (tertiary/aromatic N) is 1. The van der Waals surface area contributed by atoms with E-state index in [1.165, 1.54) is 19.3 Å². The maximum Gasteiger partial charge on any atom is 0.227 e. The summed E-state index contributed by atoms with van der Waals surface area (Å²) in [6.07, 6.45) is 5.67. The molecular weight excluding hydrogens is 252 g/mol. The van der Waals surface area contributed by atoms with Crippen molar-refractivity contribution in [3.63, 3.8) is 0 Å². The van der Waals surface area contributed by atoms with Gasteiger partial charge in [-0.3, -0.25) is 4.79 Å². The summed E-state index contributed by atoms with van der Waals surface area (Å²) in [4.78, 5) is 14.4. The standard InChI is InChI=1S/C16H22N2O2/c1-18-9-10-20-15-11-13(7-8-14(15)18)17-16(19)12-5-3-2-4-6-12/h7-8,11-12H,2-6,9-10H2,1H3,(H,17,19). The average Bonchev–Trinajstić information content (AvgIpc) is 2.48. The van der Waals surface area contributed by atoms with Gasteiger partial charge in [-0.25, -0.2) is 0 Å². The number of anilines is 2. The summed E-state index contributed by atoms with van der Waals surface area (Å²) in [5, 5.41) is 3.04. The number of rotatable bonds is 2. The molecule has 1 fully saturated rings. The summed E-state index contributed by atoms with van der Waals surface area (Å²) in [5.74, 6) is 1.21. The highest BCUT2D eigenvalue weighted by atomic mass is 16.5. The summed E-state index contributed by atoms with van der Waals surface area (Å²) in [6.45, 7) is 1.60. The van der Waals surface area contributed by atoms with Crippen LogP contribution in [0, 0.1) is 5.92 Å². The lowest BCUT2D eigenvalue weighted by Gasteiger charge is -2.28. The summed E-state index contributed by atoms with van der Waals surface area (Å²) in [6, 6.07) is 5.92. The molecule has 1 aromatic rings. The van der Waals surface area contributed by atoms with Gasteiger partial charge >= 0.3 is 0 Å². The first-order valence-electron chi connectivity index (χ1n) is 7.53. The highest BCUT2D eigenvalue weighted by molar-refractivity contribution is 5.93. The number of benzene rings is 1. The molecule has 1 N–H and O–H groups in total. The lowest BCUT2D eigenvalue weighted by Crippen LogP contribution is -2.29. The van der Waals surface area contributed by atoms with Crippen molar-refractivity contribution in [2.24, 2.45) is 5.92 Å². The monoisotopic (exact) mass is 274 g/mol. The minimum atomic E-state index is 0.161. The number of nitrogens with one attached hydrogen (secondary N) is 1. The first-order chi connectivity index (χ1) is 9.74. The Bertz CT molecular complexity index is 495. The third kappa shape index (κ3) is 2.74. The molecule has 4 heteroatoms. The normalized spacial score (nSPS) is 19.1. The van der Waals surface area contributed by atoms with Gasteiger partial charge in [-0.2, -0.15) is 0 Å². The molecule has 4 nitrogen and oxygen atoms in total. The Balaban J connectivity index is 1.70. The molecule has 1 saturated carbocycles. The largest absolute Gasteiger partial charge is 0.489 e. The molecule has 1 heterocycles. The summed E-state index contributed by atoms with van der Waals surface area (Å²) in [5.41, 5.74) is 1.93. The number of ether oxygens (including phenoxy) is 1. The zero-order chi connectivity index (χ0) is 13.9. The van der Waals surface area contributed by atoms with E-state index in [-0.39, 0.29) is 11.8 Å². The molecule has 0 radical (unpaired) electrons. The second-order valence-electron chi connectivity index (χ2n) is 5.78. The summed E-state index contributed by atoms with van der Waals surface area (Å²) >= 11 is 0. The zero-order valence-electron chi connectivity index (χ0n) is 12.0. The van der Waals surface area contributed by atoms with Gasteiger partial charge < -0.3 is 15.0 Å². The van der Waals surface area contributed by atoms with Gasteiger partial charge in [-0.1, -0.05) is 19.3 Å². The van der Waals surface area contributed by atoms with E-state index >= 15 is 0 Å². The van der Waals surface area contributed by atoms with Crippen molar-refractivity contribution in [1.29, 1.82) is 0 Å². The van der Waals surface area contributed by atoms with Crippen LogP contribution in [0.15, 0.2) is 18.2 Å². The van der Waals surface area contributed by atoms with E-state index in [1.807, 2.05) is 18.2 Å². The number of amides is 1. The van der Waals surface area contributed by atoms with Crippen LogP contribution >= 0.6 is 0 Å². The van der Waals surface area contributed by atoms with Crippen LogP contribution in [-0.2, 0) is 4.79 Å². The highest BCUT2D eigenvalue weighted by Crippen LogP contribution is 2.33. The van der Waals surface area contributed by atoms with E-state index in [0.29, 0.717) is 6.61 Å². The number of carbonyl (C=O) groups is 1. The quantitative estimate of drug-likeness (QED) is 0.901. The predicted octanol–water partition coefficient (Wildman–Crippen LogP) is 3.03. The second kappa shape index (κ2) is 5.73. The highest BCUT2D eigenvalue weighted by Gasteiger charge is 2.22. The number of fused-ring (bicyclic) bond motifs is 1. The van der Waals surface area contributed by atoms with Crippen LogP contribution in [0.4, 0.5) is 11.4 Å². The number of likely N-dealkylation sites (N-methyl/N-ethyl adjacent to an activating group) is 1. The molecule has 108 valence electrons. The fourth-order valence-corrected chi connectivity index (χ4v) is 3.04. The number of hydrogen-bond donors (Lipinski definition) is 1. The topological polar surface area (TPSA) is 41.6 Å². The number of hydrogen-bond acceptors (Lipinski definition) is 3. The van der Waals surface area contributed by atoms with Crippen LogP contribution in [0.25, 0.3) is 0 Å². The molecule has 1 aromatic carbocycles. The Labute approximate surface area is 120 Å². The molecule has 0 spiro atoms. The van der Waals surface area contributed by atoms with Gasteiger partial charge in [0.25, 0.3) is 0 Å². The average molecular weight is 274 g/mol. The van der Waals surface area contributed by atoms with Crippen molar-refractivity contribution < 1.29 is 9.53 Å². The van der Waals surface area contributed by atoms with Crippen LogP contribution < -0.4 is 15.0 Å². The number of carbonyl (C=O) groups excluding carboxylic acids is 1. The van der Waals surface area contributed by atoms with E-state index in [4.69, 9.17) is 4.74 Å². The molecule has 0 saturated heterocycles. The van der Waals surface area contributed by atoms with E-state index in [9.17, 15) is 4.79 Å². The van der Waals surface area contributed by atoms with Crippen molar-refractivity contribution in [3.05, 3.63) is 18.2 Å². The maximum absolute atomic E-state index is 12.2. The van der Waals surface area contributed by atoms with E-state index < -0.39 is 0 Å². The summed E-state index contributed by atoms with van der Waals surface area (Å²) in [7, 11) is 2.06. The fraction of sp³-hybridized carbons (Fsp3) is 0.562. The molecule has 0 atom stereocenters. The van der Waals surface area contributed by atoms with Crippen LogP contribution in [0.1, 0.15) is 32.1 Å². The van der Waals surface area contributed by atoms with Crippen molar-refractivity contribution in [1.82, 2.24) is 0 Å². The lowest BCUT2D eigenvalue weighted by molar-refractivity contribution is -0.120. The molecule has 1 amide bonds. The minimum absolute atomic E-state index is 0.161. The Morgan fingerprint density at radius 3 is 2.90 bits per heavy atom. The molecule has 1 aliphatic carbocycles. The Morgan fingerprint density at radius 1 is 1.30 bits per heavy atom. The minimum Gasteiger partial charge on any atom is -0.489 e. The molecule has 0 aromatic heterocycles. The molecule has 1 aliphatic heterocycles. The van der Waals surface area contributed by atoms with Crippen molar-refractivity contribution in [3.8, 4) is 5.75 Å². The van der Waals surface area contributed by atoms with E-state index in [0.717, 1.165) is 36.5 Å². The van der Waals surface area contributed by atoms with Crippen LogP contribution in [0.3, 0.4) is 0 Å². The molecular formula is C16H22N2O2. The van der Waals surface area contributed by atoms with Crippen LogP contribution in [0.2, 0.25) is 0 Å². The maximum atomic E-state index is 12.2. The van der Waals surface area contributed by atoms with E-state index in [2.05, 4.69) is 17.3 Å². The molecule has 20 heavy (non-hydrogen) atoms. The molecule has 2 aliphatic rings. The van der Waals surface area contributed by atoms with Gasteiger partial charge in [0.1, 0.15) is 12.4 Å². The fourth-order valence-electron chi connectivity index (χ4n) is 3.04. The lowest BCUT2D eigenvalue weighted by atomic mass is 9.88. The SMILES string of the molecule is CN1CCOc2cc(NC(=O)C3CCCCC3)ccc21. The summed E-state index contributed by atoms with van der Waals surface area (Å²) < 4.78 is 5.67. The van der Waals surface area contributed by atoms with Crippen molar-refractivity contribution >= 4 is 17.3 Å². The third-order valence-corrected chi connectivity index (χ3v) is 4.30. The predicted molar refractivity (Wildman–Crippen MR) is 80.4 cm³/mol. The second-order valence-corrected chi connectivity index (χ2v) is 5.78. The molecule has 0 bridgehead atoms. The first-order valence-corrected chi connectivity index (χ1v) is 7.53. The van der Waals surface area contributed by atoms with Crippen molar-refractivity contribution in [2.45, 2.75) is 32.1 Å². The Kier molecular flexibility index (Phi) is 3.81. The van der Waals surface area contributed by atoms with E-state index in [1.54, 1.807) is 0 Å². The van der Waals surface area contributed by atoms with Gasteiger partial charge in [0, 0.05) is 24.7 Å². The first kappa shape index (κ1) is 13.3. The molecule has 3 rings (SSSR count). The third-order valence-electron chi connectivity index (χ3n) is 4.30. The Morgan fingerprint density at radius 2 is 2.10 bits per heavy atom. The van der Waals surface area contributed by atoms with Gasteiger partial charge in [0.2, 0.25) is 5.91 Å². The van der Waals surface area contributed by atoms with Gasteiger partial charge in [0.15, 0.2) is 0 Å².